The van der Waals surface area contributed by atoms with Gasteiger partial charge in [-0.25, -0.2) is 0 Å². The fourth-order valence-corrected chi connectivity index (χ4v) is 0.718. The maximum Gasteiger partial charge on any atom is 0.320 e. The SMILES string of the molecule is CCNCC(=O)O[CH]COC(=O)CNC. The lowest BCUT2D eigenvalue weighted by Crippen LogP contribution is -2.25. The number of hydrogen-bond donors (Lipinski definition) is 2. The molecule has 0 heterocycles. The van der Waals surface area contributed by atoms with Gasteiger partial charge in [0.2, 0.25) is 0 Å². The summed E-state index contributed by atoms with van der Waals surface area (Å²) in [5, 5.41) is 5.44. The van der Waals surface area contributed by atoms with Gasteiger partial charge in [0, 0.05) is 0 Å². The average molecular weight is 217 g/mol. The molecule has 0 aromatic carbocycles. The highest BCUT2D eigenvalue weighted by Crippen LogP contribution is 1.86. The van der Waals surface area contributed by atoms with Gasteiger partial charge < -0.3 is 20.1 Å². The van der Waals surface area contributed by atoms with Crippen LogP contribution in [-0.4, -0.2) is 45.2 Å². The maximum atomic E-state index is 10.9. The topological polar surface area (TPSA) is 76.7 Å². The number of likely N-dealkylation sites (N-methyl/N-ethyl adjacent to an activating group) is 2. The summed E-state index contributed by atoms with van der Waals surface area (Å²) in [6.45, 7) is 4.00. The molecule has 0 aromatic rings. The van der Waals surface area contributed by atoms with E-state index >= 15 is 0 Å². The van der Waals surface area contributed by atoms with E-state index in [1.807, 2.05) is 6.92 Å². The highest BCUT2D eigenvalue weighted by atomic mass is 16.6. The number of hydrogen-bond acceptors (Lipinski definition) is 6. The van der Waals surface area contributed by atoms with Crippen LogP contribution in [0.4, 0.5) is 0 Å². The third-order valence-corrected chi connectivity index (χ3v) is 1.37. The van der Waals surface area contributed by atoms with Gasteiger partial charge in [0.25, 0.3) is 0 Å². The van der Waals surface area contributed by atoms with E-state index in [9.17, 15) is 9.59 Å². The van der Waals surface area contributed by atoms with Crippen molar-refractivity contribution >= 4 is 11.9 Å². The summed E-state index contributed by atoms with van der Waals surface area (Å²) in [4.78, 5) is 21.7. The molecule has 0 aliphatic carbocycles. The zero-order valence-corrected chi connectivity index (χ0v) is 9.04. The number of esters is 2. The van der Waals surface area contributed by atoms with Crippen molar-refractivity contribution in [2.24, 2.45) is 0 Å². The van der Waals surface area contributed by atoms with Crippen molar-refractivity contribution in [2.75, 3.05) is 33.3 Å². The Morgan fingerprint density at radius 2 is 2.00 bits per heavy atom. The molecule has 1 radical (unpaired) electrons. The van der Waals surface area contributed by atoms with Crippen LogP contribution in [0.25, 0.3) is 0 Å². The molecule has 0 saturated heterocycles. The van der Waals surface area contributed by atoms with Crippen molar-refractivity contribution in [3.63, 3.8) is 0 Å². The Morgan fingerprint density at radius 3 is 2.60 bits per heavy atom. The summed E-state index contributed by atoms with van der Waals surface area (Å²) in [6.07, 6.45) is 0. The molecule has 0 rings (SSSR count). The predicted octanol–water partition coefficient (Wildman–Crippen LogP) is -0.937. The lowest BCUT2D eigenvalue weighted by atomic mass is 10.6. The summed E-state index contributed by atoms with van der Waals surface area (Å²) in [7, 11) is 1.64. The Labute approximate surface area is 89.3 Å². The summed E-state index contributed by atoms with van der Waals surface area (Å²) in [5.41, 5.74) is 0. The van der Waals surface area contributed by atoms with Gasteiger partial charge in [-0.2, -0.15) is 0 Å². The van der Waals surface area contributed by atoms with E-state index < -0.39 is 11.9 Å². The molecular formula is C9H17N2O4. The van der Waals surface area contributed by atoms with E-state index in [1.165, 1.54) is 0 Å². The Kier molecular flexibility index (Phi) is 8.70. The summed E-state index contributed by atoms with van der Waals surface area (Å²) in [5.74, 6) is -0.794. The molecule has 0 aromatic heterocycles. The molecule has 0 fully saturated rings. The minimum absolute atomic E-state index is 0.0294. The summed E-state index contributed by atoms with van der Waals surface area (Å²) >= 11 is 0. The van der Waals surface area contributed by atoms with Crippen LogP contribution in [0.2, 0.25) is 0 Å². The Bertz CT molecular complexity index is 197. The van der Waals surface area contributed by atoms with E-state index in [2.05, 4.69) is 20.1 Å². The van der Waals surface area contributed by atoms with Crippen LogP contribution in [-0.2, 0) is 19.1 Å². The second-order valence-corrected chi connectivity index (χ2v) is 2.65. The molecular weight excluding hydrogens is 200 g/mol. The molecule has 0 bridgehead atoms. The van der Waals surface area contributed by atoms with Crippen molar-refractivity contribution in [2.45, 2.75) is 6.92 Å². The molecule has 6 nitrogen and oxygen atoms in total. The van der Waals surface area contributed by atoms with E-state index in [-0.39, 0.29) is 19.7 Å². The monoisotopic (exact) mass is 217 g/mol. The minimum atomic E-state index is -0.401. The van der Waals surface area contributed by atoms with Gasteiger partial charge in [0.1, 0.15) is 6.61 Å². The first-order valence-electron chi connectivity index (χ1n) is 4.72. The van der Waals surface area contributed by atoms with E-state index in [4.69, 9.17) is 0 Å². The fraction of sp³-hybridized carbons (Fsp3) is 0.667. The minimum Gasteiger partial charge on any atom is -0.461 e. The Morgan fingerprint density at radius 1 is 1.27 bits per heavy atom. The van der Waals surface area contributed by atoms with Crippen LogP contribution in [0.3, 0.4) is 0 Å². The average Bonchev–Trinajstić information content (AvgIpc) is 2.22. The molecule has 0 amide bonds. The quantitative estimate of drug-likeness (QED) is 0.404. The zero-order chi connectivity index (χ0) is 11.5. The van der Waals surface area contributed by atoms with Crippen molar-refractivity contribution < 1.29 is 19.1 Å². The normalized spacial score (nSPS) is 9.73. The Balaban J connectivity index is 3.30. The molecule has 87 valence electrons. The standard InChI is InChI=1S/C9H17N2O4/c1-3-11-7-9(13)15-5-4-14-8(12)6-10-2/h5,10-11H,3-4,6-7H2,1-2H3. The van der Waals surface area contributed by atoms with Crippen molar-refractivity contribution in [3.8, 4) is 0 Å². The molecule has 0 saturated carbocycles. The van der Waals surface area contributed by atoms with Gasteiger partial charge in [0.05, 0.1) is 13.1 Å². The van der Waals surface area contributed by atoms with Crippen LogP contribution < -0.4 is 10.6 Å². The van der Waals surface area contributed by atoms with E-state index in [1.54, 1.807) is 7.05 Å². The lowest BCUT2D eigenvalue weighted by Gasteiger charge is -2.05. The van der Waals surface area contributed by atoms with Crippen LogP contribution in [0.1, 0.15) is 6.92 Å². The number of carbonyl (C=O) groups excluding carboxylic acids is 2. The number of ether oxygens (including phenoxy) is 2. The third kappa shape index (κ3) is 9.17. The van der Waals surface area contributed by atoms with Gasteiger partial charge in [-0.15, -0.1) is 0 Å². The van der Waals surface area contributed by atoms with Crippen LogP contribution >= 0.6 is 0 Å². The highest BCUT2D eigenvalue weighted by molar-refractivity contribution is 5.72. The maximum absolute atomic E-state index is 10.9. The second kappa shape index (κ2) is 9.42. The predicted molar refractivity (Wildman–Crippen MR) is 53.8 cm³/mol. The van der Waals surface area contributed by atoms with Crippen molar-refractivity contribution in [1.82, 2.24) is 10.6 Å². The molecule has 2 N–H and O–H groups in total. The number of nitrogens with one attached hydrogen (secondary N) is 2. The van der Waals surface area contributed by atoms with Gasteiger partial charge in [0.15, 0.2) is 6.61 Å². The highest BCUT2D eigenvalue weighted by Gasteiger charge is 2.03. The van der Waals surface area contributed by atoms with Crippen LogP contribution in [0, 0.1) is 6.61 Å². The molecule has 15 heavy (non-hydrogen) atoms. The zero-order valence-electron chi connectivity index (χ0n) is 9.04. The first kappa shape index (κ1) is 13.9. The molecule has 0 aliphatic rings. The van der Waals surface area contributed by atoms with Crippen molar-refractivity contribution in [1.29, 1.82) is 0 Å². The lowest BCUT2D eigenvalue weighted by molar-refractivity contribution is -0.147. The number of rotatable bonds is 8. The van der Waals surface area contributed by atoms with Crippen LogP contribution in [0.15, 0.2) is 0 Å². The Hall–Kier alpha value is -1.14. The van der Waals surface area contributed by atoms with Crippen LogP contribution in [0.5, 0.6) is 0 Å². The molecule has 6 heteroatoms. The molecule has 0 unspecified atom stereocenters. The van der Waals surface area contributed by atoms with Gasteiger partial charge in [-0.1, -0.05) is 6.92 Å². The number of carbonyl (C=O) groups is 2. The summed E-state index contributed by atoms with van der Waals surface area (Å²) < 4.78 is 9.33. The van der Waals surface area contributed by atoms with Crippen molar-refractivity contribution in [3.05, 3.63) is 6.61 Å². The van der Waals surface area contributed by atoms with Gasteiger partial charge in [-0.3, -0.25) is 9.59 Å². The van der Waals surface area contributed by atoms with Gasteiger partial charge in [-0.05, 0) is 13.6 Å². The third-order valence-electron chi connectivity index (χ3n) is 1.37. The van der Waals surface area contributed by atoms with E-state index in [0.717, 1.165) is 6.61 Å². The first-order chi connectivity index (χ1) is 7.20. The molecule has 0 spiro atoms. The van der Waals surface area contributed by atoms with Gasteiger partial charge >= 0.3 is 11.9 Å². The van der Waals surface area contributed by atoms with E-state index in [0.29, 0.717) is 6.54 Å². The first-order valence-corrected chi connectivity index (χ1v) is 4.72. The second-order valence-electron chi connectivity index (χ2n) is 2.65. The molecule has 0 atom stereocenters. The smallest absolute Gasteiger partial charge is 0.320 e. The summed E-state index contributed by atoms with van der Waals surface area (Å²) in [6, 6.07) is 0. The largest absolute Gasteiger partial charge is 0.461 e. The molecule has 0 aliphatic heterocycles. The fourth-order valence-electron chi connectivity index (χ4n) is 0.718.